The third-order valence-electron chi connectivity index (χ3n) is 10.3. The minimum atomic E-state index is -0.758. The van der Waals surface area contributed by atoms with Crippen molar-refractivity contribution < 1.29 is 28.6 Å². The molecule has 0 bridgehead atoms. The molecule has 0 spiro atoms. The topological polar surface area (TPSA) is 78.9 Å². The highest BCUT2D eigenvalue weighted by Gasteiger charge is 2.19. The van der Waals surface area contributed by atoms with Gasteiger partial charge < -0.3 is 14.2 Å². The van der Waals surface area contributed by atoms with Gasteiger partial charge in [-0.25, -0.2) is 0 Å². The number of carbonyl (C=O) groups is 3. The first kappa shape index (κ1) is 49.4. The van der Waals surface area contributed by atoms with E-state index in [0.29, 0.717) is 19.3 Å². The zero-order valence-electron chi connectivity index (χ0n) is 34.7. The fourth-order valence-corrected chi connectivity index (χ4v) is 6.54. The van der Waals surface area contributed by atoms with Crippen molar-refractivity contribution in [3.05, 3.63) is 0 Å². The average Bonchev–Trinajstić information content (AvgIpc) is 3.11. The molecular formula is C45H86O6. The smallest absolute Gasteiger partial charge is 0.306 e. The van der Waals surface area contributed by atoms with Crippen LogP contribution in [0, 0.1) is 11.8 Å². The van der Waals surface area contributed by atoms with Crippen molar-refractivity contribution in [1.29, 1.82) is 0 Å². The van der Waals surface area contributed by atoms with Crippen LogP contribution in [0.4, 0.5) is 0 Å². The summed E-state index contributed by atoms with van der Waals surface area (Å²) in [4.78, 5) is 37.4. The van der Waals surface area contributed by atoms with E-state index in [1.807, 2.05) is 0 Å². The molecule has 0 aliphatic heterocycles. The van der Waals surface area contributed by atoms with Gasteiger partial charge in [-0.2, -0.15) is 0 Å². The Kier molecular flexibility index (Phi) is 37.0. The van der Waals surface area contributed by atoms with Gasteiger partial charge in [-0.3, -0.25) is 14.4 Å². The van der Waals surface area contributed by atoms with Crippen molar-refractivity contribution in [3.8, 4) is 0 Å². The Morgan fingerprint density at radius 2 is 0.745 bits per heavy atom. The molecule has 0 aromatic heterocycles. The second-order valence-electron chi connectivity index (χ2n) is 16.1. The highest BCUT2D eigenvalue weighted by molar-refractivity contribution is 5.71. The monoisotopic (exact) mass is 723 g/mol. The lowest BCUT2D eigenvalue weighted by molar-refractivity contribution is -0.167. The number of rotatable bonds is 39. The summed E-state index contributed by atoms with van der Waals surface area (Å²) in [5, 5.41) is 0. The highest BCUT2D eigenvalue weighted by Crippen LogP contribution is 2.17. The molecule has 1 unspecified atom stereocenters. The third kappa shape index (κ3) is 38.0. The van der Waals surface area contributed by atoms with E-state index in [0.717, 1.165) is 76.0 Å². The Labute approximate surface area is 317 Å². The normalized spacial score (nSPS) is 12.6. The predicted molar refractivity (Wildman–Crippen MR) is 215 cm³/mol. The van der Waals surface area contributed by atoms with Crippen LogP contribution in [0.25, 0.3) is 0 Å². The molecule has 6 nitrogen and oxygen atoms in total. The fourth-order valence-electron chi connectivity index (χ4n) is 6.54. The maximum atomic E-state index is 12.5. The van der Waals surface area contributed by atoms with Gasteiger partial charge in [0, 0.05) is 19.3 Å². The van der Waals surface area contributed by atoms with Crippen molar-refractivity contribution in [2.45, 2.75) is 246 Å². The molecule has 0 heterocycles. The van der Waals surface area contributed by atoms with Crippen LogP contribution in [0.1, 0.15) is 240 Å². The van der Waals surface area contributed by atoms with Crippen LogP contribution in [0.3, 0.4) is 0 Å². The maximum absolute atomic E-state index is 12.5. The first-order valence-corrected chi connectivity index (χ1v) is 22.3. The molecule has 0 aliphatic rings. The van der Waals surface area contributed by atoms with Gasteiger partial charge in [-0.05, 0) is 31.1 Å². The van der Waals surface area contributed by atoms with E-state index >= 15 is 0 Å². The van der Waals surface area contributed by atoms with E-state index in [4.69, 9.17) is 14.2 Å². The van der Waals surface area contributed by atoms with Gasteiger partial charge in [0.05, 0.1) is 0 Å². The minimum absolute atomic E-state index is 0.0668. The van der Waals surface area contributed by atoms with Gasteiger partial charge in [0.25, 0.3) is 0 Å². The molecule has 0 aromatic carbocycles. The van der Waals surface area contributed by atoms with Gasteiger partial charge >= 0.3 is 17.9 Å². The summed E-state index contributed by atoms with van der Waals surface area (Å²) in [7, 11) is 0. The van der Waals surface area contributed by atoms with Gasteiger partial charge in [-0.1, -0.05) is 202 Å². The van der Waals surface area contributed by atoms with Gasteiger partial charge in [-0.15, -0.1) is 0 Å². The molecule has 0 rings (SSSR count). The standard InChI is InChI=1S/C45H86O6/c1-6-8-9-23-32-37-45(48)51-42(39-50-44(47)36-31-27-22-21-25-29-34-41(5)7-2)38-49-43(46)35-30-26-20-18-16-14-12-10-11-13-15-17-19-24-28-33-40(3)4/h40-42H,6-39H2,1-5H3/t41?,42-/m1/s1. The number of hydrogen-bond donors (Lipinski definition) is 0. The molecular weight excluding hydrogens is 636 g/mol. The van der Waals surface area contributed by atoms with Gasteiger partial charge in [0.15, 0.2) is 6.10 Å². The van der Waals surface area contributed by atoms with Crippen molar-refractivity contribution in [2.24, 2.45) is 11.8 Å². The van der Waals surface area contributed by atoms with Crippen molar-refractivity contribution in [1.82, 2.24) is 0 Å². The lowest BCUT2D eigenvalue weighted by atomic mass is 10.00. The van der Waals surface area contributed by atoms with E-state index in [9.17, 15) is 14.4 Å². The van der Waals surface area contributed by atoms with Crippen LogP contribution in [-0.2, 0) is 28.6 Å². The van der Waals surface area contributed by atoms with Crippen LogP contribution in [0.5, 0.6) is 0 Å². The number of unbranched alkanes of at least 4 members (excludes halogenated alkanes) is 23. The lowest BCUT2D eigenvalue weighted by Crippen LogP contribution is -2.30. The molecule has 0 N–H and O–H groups in total. The molecule has 0 aliphatic carbocycles. The zero-order chi connectivity index (χ0) is 37.6. The SMILES string of the molecule is CCCCCCCC(=O)O[C@H](COC(=O)CCCCCCCCCCCCCCCCCC(C)C)COC(=O)CCCCCCCCC(C)CC. The van der Waals surface area contributed by atoms with E-state index in [1.54, 1.807) is 0 Å². The van der Waals surface area contributed by atoms with Crippen molar-refractivity contribution in [2.75, 3.05) is 13.2 Å². The maximum Gasteiger partial charge on any atom is 0.306 e. The summed E-state index contributed by atoms with van der Waals surface area (Å²) < 4.78 is 16.6. The van der Waals surface area contributed by atoms with Crippen LogP contribution >= 0.6 is 0 Å². The molecule has 0 radical (unpaired) electrons. The molecule has 0 saturated heterocycles. The van der Waals surface area contributed by atoms with Crippen LogP contribution in [0.2, 0.25) is 0 Å². The second-order valence-corrected chi connectivity index (χ2v) is 16.1. The van der Waals surface area contributed by atoms with Crippen molar-refractivity contribution >= 4 is 17.9 Å². The van der Waals surface area contributed by atoms with Crippen LogP contribution in [0.15, 0.2) is 0 Å². The fraction of sp³-hybridized carbons (Fsp3) is 0.933. The summed E-state index contributed by atoms with van der Waals surface area (Å²) in [5.74, 6) is 0.788. The Hall–Kier alpha value is -1.59. The summed E-state index contributed by atoms with van der Waals surface area (Å²) in [6, 6.07) is 0. The van der Waals surface area contributed by atoms with Crippen LogP contribution in [-0.4, -0.2) is 37.2 Å². The second kappa shape index (κ2) is 38.1. The predicted octanol–water partition coefficient (Wildman–Crippen LogP) is 13.8. The third-order valence-corrected chi connectivity index (χ3v) is 10.3. The molecule has 0 fully saturated rings. The van der Waals surface area contributed by atoms with Gasteiger partial charge in [0.2, 0.25) is 0 Å². The summed E-state index contributed by atoms with van der Waals surface area (Å²) in [6.45, 7) is 11.2. The number of hydrogen-bond acceptors (Lipinski definition) is 6. The van der Waals surface area contributed by atoms with E-state index in [-0.39, 0.29) is 31.1 Å². The van der Waals surface area contributed by atoms with Gasteiger partial charge in [0.1, 0.15) is 13.2 Å². The molecule has 2 atom stereocenters. The molecule has 0 saturated carbocycles. The average molecular weight is 723 g/mol. The molecule has 6 heteroatoms. The zero-order valence-corrected chi connectivity index (χ0v) is 34.7. The Morgan fingerprint density at radius 1 is 0.412 bits per heavy atom. The summed E-state index contributed by atoms with van der Waals surface area (Å²) in [5.41, 5.74) is 0. The number of carbonyl (C=O) groups excluding carboxylic acids is 3. The summed E-state index contributed by atoms with van der Waals surface area (Å²) >= 11 is 0. The quantitative estimate of drug-likeness (QED) is 0.0357. The summed E-state index contributed by atoms with van der Waals surface area (Å²) in [6.07, 6.45) is 35.5. The molecule has 0 amide bonds. The first-order valence-electron chi connectivity index (χ1n) is 22.3. The van der Waals surface area contributed by atoms with Crippen LogP contribution < -0.4 is 0 Å². The molecule has 0 aromatic rings. The number of ether oxygens (including phenoxy) is 3. The van der Waals surface area contributed by atoms with E-state index in [2.05, 4.69) is 34.6 Å². The van der Waals surface area contributed by atoms with E-state index < -0.39 is 6.10 Å². The Bertz CT molecular complexity index is 781. The lowest BCUT2D eigenvalue weighted by Gasteiger charge is -2.18. The minimum Gasteiger partial charge on any atom is -0.462 e. The first-order chi connectivity index (χ1) is 24.8. The Balaban J connectivity index is 4.10. The largest absolute Gasteiger partial charge is 0.462 e. The molecule has 302 valence electrons. The highest BCUT2D eigenvalue weighted by atomic mass is 16.6. The Morgan fingerprint density at radius 3 is 1.12 bits per heavy atom. The number of esters is 3. The van der Waals surface area contributed by atoms with Crippen molar-refractivity contribution in [3.63, 3.8) is 0 Å². The molecule has 51 heavy (non-hydrogen) atoms. The van der Waals surface area contributed by atoms with E-state index in [1.165, 1.54) is 122 Å².